The van der Waals surface area contributed by atoms with Gasteiger partial charge in [-0.3, -0.25) is 4.79 Å². The standard InChI is InChI=1S/C20H19ClF2N4O3/c1-10-18(21)11(2)27-19(24-10)15-7-26(8-16(15)25-27)20(29)14-4-3-12(23)5-17(14)30-9-13(28)6-22/h3-5,13,28H,6-9H2,1-2H3. The summed E-state index contributed by atoms with van der Waals surface area (Å²) in [6, 6.07) is 3.50. The molecule has 0 saturated heterocycles. The van der Waals surface area contributed by atoms with E-state index in [2.05, 4.69) is 10.1 Å². The summed E-state index contributed by atoms with van der Waals surface area (Å²) in [7, 11) is 0. The van der Waals surface area contributed by atoms with Gasteiger partial charge in [0.25, 0.3) is 5.91 Å². The van der Waals surface area contributed by atoms with E-state index in [1.807, 2.05) is 6.92 Å². The Morgan fingerprint density at radius 3 is 2.87 bits per heavy atom. The first kappa shape index (κ1) is 20.5. The summed E-state index contributed by atoms with van der Waals surface area (Å²) in [5.74, 6) is -1.05. The van der Waals surface area contributed by atoms with Crippen LogP contribution in [0.4, 0.5) is 8.78 Å². The van der Waals surface area contributed by atoms with Crippen molar-refractivity contribution in [2.45, 2.75) is 33.0 Å². The van der Waals surface area contributed by atoms with Crippen LogP contribution >= 0.6 is 11.6 Å². The molecule has 0 aliphatic carbocycles. The summed E-state index contributed by atoms with van der Waals surface area (Å²) in [5.41, 5.74) is 3.73. The van der Waals surface area contributed by atoms with Crippen LogP contribution in [0.3, 0.4) is 0 Å². The molecule has 158 valence electrons. The highest BCUT2D eigenvalue weighted by molar-refractivity contribution is 6.31. The van der Waals surface area contributed by atoms with Gasteiger partial charge in [-0.1, -0.05) is 11.6 Å². The second-order valence-electron chi connectivity index (χ2n) is 7.18. The van der Waals surface area contributed by atoms with Gasteiger partial charge in [0.15, 0.2) is 5.65 Å². The third-order valence-electron chi connectivity index (χ3n) is 5.03. The van der Waals surface area contributed by atoms with E-state index in [0.717, 1.165) is 23.4 Å². The third-order valence-corrected chi connectivity index (χ3v) is 5.57. The highest BCUT2D eigenvalue weighted by Gasteiger charge is 2.31. The van der Waals surface area contributed by atoms with Crippen molar-refractivity contribution in [3.05, 3.63) is 57.2 Å². The maximum atomic E-state index is 13.7. The van der Waals surface area contributed by atoms with Crippen molar-refractivity contribution >= 4 is 23.2 Å². The number of amides is 1. The number of aryl methyl sites for hydroxylation is 2. The minimum absolute atomic E-state index is 0.0529. The zero-order valence-electron chi connectivity index (χ0n) is 16.3. The van der Waals surface area contributed by atoms with Crippen molar-refractivity contribution in [3.8, 4) is 5.75 Å². The molecule has 0 spiro atoms. The number of nitrogens with zero attached hydrogens (tertiary/aromatic N) is 4. The average Bonchev–Trinajstić information content (AvgIpc) is 3.29. The van der Waals surface area contributed by atoms with E-state index in [-0.39, 0.29) is 24.4 Å². The molecule has 1 aromatic carbocycles. The van der Waals surface area contributed by atoms with Crippen LogP contribution in [0.2, 0.25) is 5.02 Å². The van der Waals surface area contributed by atoms with E-state index >= 15 is 0 Å². The lowest BCUT2D eigenvalue weighted by molar-refractivity contribution is 0.0718. The Morgan fingerprint density at radius 2 is 2.13 bits per heavy atom. The van der Waals surface area contributed by atoms with E-state index in [0.29, 0.717) is 22.1 Å². The quantitative estimate of drug-likeness (QED) is 0.665. The molecule has 0 radical (unpaired) electrons. The van der Waals surface area contributed by atoms with Crippen LogP contribution in [0, 0.1) is 19.7 Å². The fourth-order valence-electron chi connectivity index (χ4n) is 3.45. The minimum Gasteiger partial charge on any atom is -0.490 e. The van der Waals surface area contributed by atoms with E-state index in [4.69, 9.17) is 16.3 Å². The minimum atomic E-state index is -1.36. The maximum absolute atomic E-state index is 13.7. The van der Waals surface area contributed by atoms with Crippen LogP contribution in [0.25, 0.3) is 5.65 Å². The molecule has 1 atom stereocenters. The first-order chi connectivity index (χ1) is 14.3. The van der Waals surface area contributed by atoms with E-state index in [1.165, 1.54) is 6.07 Å². The van der Waals surface area contributed by atoms with E-state index in [9.17, 15) is 18.7 Å². The van der Waals surface area contributed by atoms with Gasteiger partial charge in [-0.05, 0) is 26.0 Å². The number of fused-ring (bicyclic) bond motifs is 3. The van der Waals surface area contributed by atoms with Crippen LogP contribution < -0.4 is 4.74 Å². The molecule has 2 aromatic heterocycles. The summed E-state index contributed by atoms with van der Waals surface area (Å²) in [5, 5.41) is 14.4. The molecule has 1 amide bonds. The molecule has 0 bridgehead atoms. The van der Waals surface area contributed by atoms with E-state index in [1.54, 1.807) is 16.3 Å². The lowest BCUT2D eigenvalue weighted by Gasteiger charge is -2.19. The van der Waals surface area contributed by atoms with Gasteiger partial charge in [-0.2, -0.15) is 5.10 Å². The fourth-order valence-corrected chi connectivity index (χ4v) is 3.57. The van der Waals surface area contributed by atoms with Gasteiger partial charge in [0.2, 0.25) is 0 Å². The van der Waals surface area contributed by atoms with Crippen LogP contribution in [-0.2, 0) is 13.1 Å². The Morgan fingerprint density at radius 1 is 1.37 bits per heavy atom. The molecule has 7 nitrogen and oxygen atoms in total. The van der Waals surface area contributed by atoms with Gasteiger partial charge in [-0.25, -0.2) is 18.3 Å². The molecule has 3 aromatic rings. The lowest BCUT2D eigenvalue weighted by atomic mass is 10.1. The molecular weight excluding hydrogens is 418 g/mol. The van der Waals surface area contributed by atoms with Crippen molar-refractivity contribution in [3.63, 3.8) is 0 Å². The number of hydrogen-bond donors (Lipinski definition) is 1. The number of alkyl halides is 1. The molecule has 10 heteroatoms. The third kappa shape index (κ3) is 3.48. The molecule has 1 aliphatic heterocycles. The number of rotatable bonds is 5. The highest BCUT2D eigenvalue weighted by Crippen LogP contribution is 2.31. The molecule has 3 heterocycles. The number of benzene rings is 1. The monoisotopic (exact) mass is 436 g/mol. The number of aliphatic hydroxyl groups is 1. The molecular formula is C20H19ClF2N4O3. The molecule has 1 aliphatic rings. The highest BCUT2D eigenvalue weighted by atomic mass is 35.5. The van der Waals surface area contributed by atoms with Crippen molar-refractivity contribution in [1.29, 1.82) is 0 Å². The summed E-state index contributed by atoms with van der Waals surface area (Å²) < 4.78 is 33.1. The second-order valence-corrected chi connectivity index (χ2v) is 7.56. The molecule has 1 unspecified atom stereocenters. The first-order valence-corrected chi connectivity index (χ1v) is 9.66. The second kappa shape index (κ2) is 7.81. The zero-order chi connectivity index (χ0) is 21.6. The number of hydrogen-bond acceptors (Lipinski definition) is 5. The molecule has 0 saturated carbocycles. The predicted molar refractivity (Wildman–Crippen MR) is 105 cm³/mol. The average molecular weight is 437 g/mol. The molecule has 1 N–H and O–H groups in total. The lowest BCUT2D eigenvalue weighted by Crippen LogP contribution is -2.27. The maximum Gasteiger partial charge on any atom is 0.258 e. The normalized spacial score (nSPS) is 14.3. The van der Waals surface area contributed by atoms with Crippen molar-refractivity contribution in [1.82, 2.24) is 19.5 Å². The SMILES string of the molecule is Cc1nc2c3c(nn2c(C)c1Cl)CN(C(=O)c1ccc(F)cc1OCC(O)CF)C3. The Hall–Kier alpha value is -2.78. The van der Waals surface area contributed by atoms with Gasteiger partial charge in [-0.15, -0.1) is 0 Å². The van der Waals surface area contributed by atoms with Crippen LogP contribution in [-0.4, -0.2) is 49.9 Å². The van der Waals surface area contributed by atoms with Crippen molar-refractivity contribution in [2.24, 2.45) is 0 Å². The molecule has 0 fully saturated rings. The van der Waals surface area contributed by atoms with E-state index < -0.39 is 31.1 Å². The van der Waals surface area contributed by atoms with Crippen LogP contribution in [0.15, 0.2) is 18.2 Å². The summed E-state index contributed by atoms with van der Waals surface area (Å²) >= 11 is 6.26. The molecule has 30 heavy (non-hydrogen) atoms. The summed E-state index contributed by atoms with van der Waals surface area (Å²) in [6.45, 7) is 2.78. The Kier molecular flexibility index (Phi) is 5.33. The Bertz CT molecular complexity index is 1150. The van der Waals surface area contributed by atoms with Gasteiger partial charge in [0.1, 0.15) is 31.0 Å². The number of carbonyl (C=O) groups is 1. The smallest absolute Gasteiger partial charge is 0.258 e. The summed E-state index contributed by atoms with van der Waals surface area (Å²) in [6.07, 6.45) is -1.36. The van der Waals surface area contributed by atoms with Crippen LogP contribution in [0.5, 0.6) is 5.75 Å². The van der Waals surface area contributed by atoms with Crippen molar-refractivity contribution in [2.75, 3.05) is 13.3 Å². The van der Waals surface area contributed by atoms with Gasteiger partial charge < -0.3 is 14.7 Å². The van der Waals surface area contributed by atoms with Crippen molar-refractivity contribution < 1.29 is 23.4 Å². The largest absolute Gasteiger partial charge is 0.490 e. The van der Waals surface area contributed by atoms with Gasteiger partial charge >= 0.3 is 0 Å². The fraction of sp³-hybridized carbons (Fsp3) is 0.350. The Labute approximate surface area is 175 Å². The van der Waals surface area contributed by atoms with Gasteiger partial charge in [0.05, 0.1) is 40.8 Å². The zero-order valence-corrected chi connectivity index (χ0v) is 17.1. The number of ether oxygens (including phenoxy) is 1. The molecule has 4 rings (SSSR count). The van der Waals surface area contributed by atoms with Crippen LogP contribution in [0.1, 0.15) is 33.0 Å². The van der Waals surface area contributed by atoms with Gasteiger partial charge in [0, 0.05) is 11.6 Å². The number of carbonyl (C=O) groups excluding carboxylic acids is 1. The number of aliphatic hydroxyl groups excluding tert-OH is 1. The Balaban J connectivity index is 1.62. The number of aromatic nitrogens is 3. The summed E-state index contributed by atoms with van der Waals surface area (Å²) in [4.78, 5) is 19.2. The number of halogens is 3. The topological polar surface area (TPSA) is 80.0 Å². The predicted octanol–water partition coefficient (Wildman–Crippen LogP) is 3.00. The first-order valence-electron chi connectivity index (χ1n) is 9.29.